The topological polar surface area (TPSA) is 78.9 Å². The van der Waals surface area contributed by atoms with Crippen LogP contribution in [0.2, 0.25) is 0 Å². The fourth-order valence-corrected chi connectivity index (χ4v) is 3.71. The minimum atomic E-state index is -0.00860. The molecule has 144 valence electrons. The van der Waals surface area contributed by atoms with Crippen LogP contribution in [-0.4, -0.2) is 43.6 Å². The fourth-order valence-electron chi connectivity index (χ4n) is 2.84. The molecule has 0 radical (unpaired) electrons. The highest BCUT2D eigenvalue weighted by molar-refractivity contribution is 7.11. The van der Waals surface area contributed by atoms with E-state index in [0.717, 1.165) is 34.5 Å². The summed E-state index contributed by atoms with van der Waals surface area (Å²) in [6.45, 7) is 6.19. The summed E-state index contributed by atoms with van der Waals surface area (Å²) in [5, 5.41) is 7.61. The molecule has 7 nitrogen and oxygen atoms in total. The number of amides is 1. The molecule has 1 amide bonds. The molecule has 0 saturated carbocycles. The maximum Gasteiger partial charge on any atom is 0.265 e. The van der Waals surface area contributed by atoms with Crippen LogP contribution in [0, 0.1) is 13.8 Å². The number of nitrogens with one attached hydrogen (secondary N) is 2. The zero-order chi connectivity index (χ0) is 19.2. The van der Waals surface area contributed by atoms with Crippen molar-refractivity contribution in [2.45, 2.75) is 26.8 Å². The average molecular weight is 388 g/mol. The molecule has 0 atom stereocenters. The van der Waals surface area contributed by atoms with Gasteiger partial charge in [-0.3, -0.25) is 9.79 Å². The number of guanidine groups is 1. The van der Waals surface area contributed by atoms with E-state index in [0.29, 0.717) is 19.6 Å². The van der Waals surface area contributed by atoms with Crippen LogP contribution in [0.1, 0.15) is 22.0 Å². The first-order valence-electron chi connectivity index (χ1n) is 8.98. The second-order valence-electron chi connectivity index (χ2n) is 6.26. The minimum absolute atomic E-state index is 0.00860. The maximum atomic E-state index is 12.2. The molecule has 0 bridgehead atoms. The third-order valence-corrected chi connectivity index (χ3v) is 5.44. The number of hydrogen-bond acceptors (Lipinski definition) is 5. The van der Waals surface area contributed by atoms with E-state index in [4.69, 9.17) is 4.74 Å². The third kappa shape index (κ3) is 4.77. The molecule has 1 aliphatic heterocycles. The summed E-state index contributed by atoms with van der Waals surface area (Å²) < 4.78 is 5.47. The SMILES string of the molecule is CN=C(NCCCN1C(=O)COc2ccccc21)NCc1nc(C)c(C)s1. The van der Waals surface area contributed by atoms with Crippen molar-refractivity contribution >= 4 is 28.9 Å². The zero-order valence-electron chi connectivity index (χ0n) is 15.9. The largest absolute Gasteiger partial charge is 0.482 e. The van der Waals surface area contributed by atoms with Crippen LogP contribution in [-0.2, 0) is 11.3 Å². The molecule has 0 fully saturated rings. The Kier molecular flexibility index (Phi) is 6.28. The zero-order valence-corrected chi connectivity index (χ0v) is 16.7. The lowest BCUT2D eigenvalue weighted by atomic mass is 10.2. The number of para-hydroxylation sites is 2. The Bertz CT molecular complexity index is 814. The number of carbonyl (C=O) groups excluding carboxylic acids is 1. The predicted molar refractivity (Wildman–Crippen MR) is 109 cm³/mol. The number of aryl methyl sites for hydroxylation is 2. The Hall–Kier alpha value is -2.61. The summed E-state index contributed by atoms with van der Waals surface area (Å²) in [6, 6.07) is 7.63. The Labute approximate surface area is 163 Å². The summed E-state index contributed by atoms with van der Waals surface area (Å²) in [6.07, 6.45) is 0.802. The van der Waals surface area contributed by atoms with Crippen molar-refractivity contribution in [1.29, 1.82) is 0 Å². The lowest BCUT2D eigenvalue weighted by Crippen LogP contribution is -2.41. The van der Waals surface area contributed by atoms with E-state index in [-0.39, 0.29) is 12.5 Å². The van der Waals surface area contributed by atoms with Crippen LogP contribution in [0.25, 0.3) is 0 Å². The van der Waals surface area contributed by atoms with Gasteiger partial charge in [-0.1, -0.05) is 12.1 Å². The van der Waals surface area contributed by atoms with E-state index in [1.807, 2.05) is 31.2 Å². The average Bonchev–Trinajstić information content (AvgIpc) is 3.00. The minimum Gasteiger partial charge on any atom is -0.482 e. The van der Waals surface area contributed by atoms with Gasteiger partial charge in [0.2, 0.25) is 0 Å². The summed E-state index contributed by atoms with van der Waals surface area (Å²) in [5.74, 6) is 1.48. The second kappa shape index (κ2) is 8.85. The molecule has 27 heavy (non-hydrogen) atoms. The number of ether oxygens (including phenoxy) is 1. The second-order valence-corrected chi connectivity index (χ2v) is 7.54. The molecular weight excluding hydrogens is 362 g/mol. The van der Waals surface area contributed by atoms with E-state index in [2.05, 4.69) is 27.5 Å². The van der Waals surface area contributed by atoms with E-state index in [1.165, 1.54) is 4.88 Å². The number of nitrogens with zero attached hydrogens (tertiary/aromatic N) is 3. The molecule has 0 spiro atoms. The number of hydrogen-bond donors (Lipinski definition) is 2. The van der Waals surface area contributed by atoms with Crippen molar-refractivity contribution < 1.29 is 9.53 Å². The van der Waals surface area contributed by atoms with Gasteiger partial charge >= 0.3 is 0 Å². The standard InChI is InChI=1S/C19H25N5O2S/c1-13-14(2)27-17(23-13)11-22-19(20-3)21-9-6-10-24-15-7-4-5-8-16(15)26-12-18(24)25/h4-5,7-8H,6,9-12H2,1-3H3,(H2,20,21,22). The Balaban J connectivity index is 1.45. The number of fused-ring (bicyclic) bond motifs is 1. The Morgan fingerprint density at radius 3 is 2.89 bits per heavy atom. The molecule has 3 rings (SSSR count). The van der Waals surface area contributed by atoms with Gasteiger partial charge in [0.15, 0.2) is 12.6 Å². The summed E-state index contributed by atoms with van der Waals surface area (Å²) in [7, 11) is 1.75. The number of aliphatic imine (C=N–C) groups is 1. The van der Waals surface area contributed by atoms with Gasteiger partial charge in [-0.2, -0.15) is 0 Å². The van der Waals surface area contributed by atoms with Crippen LogP contribution in [0.15, 0.2) is 29.3 Å². The van der Waals surface area contributed by atoms with Crippen molar-refractivity contribution in [3.8, 4) is 5.75 Å². The monoisotopic (exact) mass is 387 g/mol. The quantitative estimate of drug-likeness (QED) is 0.452. The maximum absolute atomic E-state index is 12.2. The van der Waals surface area contributed by atoms with Crippen molar-refractivity contribution in [2.75, 3.05) is 31.6 Å². The smallest absolute Gasteiger partial charge is 0.265 e. The summed E-state index contributed by atoms with van der Waals surface area (Å²) >= 11 is 1.70. The molecule has 0 aliphatic carbocycles. The van der Waals surface area contributed by atoms with E-state index < -0.39 is 0 Å². The van der Waals surface area contributed by atoms with Gasteiger partial charge in [0.05, 0.1) is 17.9 Å². The molecular formula is C19H25N5O2S. The predicted octanol–water partition coefficient (Wildman–Crippen LogP) is 2.24. The van der Waals surface area contributed by atoms with Crippen LogP contribution in [0.4, 0.5) is 5.69 Å². The molecule has 1 aliphatic rings. The van der Waals surface area contributed by atoms with Crippen molar-refractivity contribution in [3.63, 3.8) is 0 Å². The lowest BCUT2D eigenvalue weighted by molar-refractivity contribution is -0.121. The van der Waals surface area contributed by atoms with Gasteiger partial charge in [0, 0.05) is 25.0 Å². The first-order valence-corrected chi connectivity index (χ1v) is 9.79. The lowest BCUT2D eigenvalue weighted by Gasteiger charge is -2.29. The van der Waals surface area contributed by atoms with Crippen molar-refractivity contribution in [3.05, 3.63) is 39.8 Å². The van der Waals surface area contributed by atoms with Gasteiger partial charge in [-0.25, -0.2) is 4.98 Å². The third-order valence-electron chi connectivity index (χ3n) is 4.36. The van der Waals surface area contributed by atoms with Gasteiger partial charge in [-0.05, 0) is 32.4 Å². The van der Waals surface area contributed by atoms with E-state index in [9.17, 15) is 4.79 Å². The van der Waals surface area contributed by atoms with E-state index >= 15 is 0 Å². The molecule has 2 aromatic rings. The molecule has 2 N–H and O–H groups in total. The first kappa shape index (κ1) is 19.2. The van der Waals surface area contributed by atoms with Gasteiger partial charge < -0.3 is 20.3 Å². The highest BCUT2D eigenvalue weighted by Gasteiger charge is 2.24. The van der Waals surface area contributed by atoms with Gasteiger partial charge in [-0.15, -0.1) is 11.3 Å². The number of aromatic nitrogens is 1. The molecule has 1 aromatic carbocycles. The molecule has 2 heterocycles. The molecule has 1 aromatic heterocycles. The van der Waals surface area contributed by atoms with Crippen LogP contribution < -0.4 is 20.3 Å². The number of carbonyl (C=O) groups is 1. The molecule has 8 heteroatoms. The van der Waals surface area contributed by atoms with Crippen molar-refractivity contribution in [2.24, 2.45) is 4.99 Å². The van der Waals surface area contributed by atoms with Crippen LogP contribution >= 0.6 is 11.3 Å². The summed E-state index contributed by atoms with van der Waals surface area (Å²) in [4.78, 5) is 24.0. The highest BCUT2D eigenvalue weighted by Crippen LogP contribution is 2.31. The Morgan fingerprint density at radius 2 is 2.15 bits per heavy atom. The Morgan fingerprint density at radius 1 is 1.33 bits per heavy atom. The highest BCUT2D eigenvalue weighted by atomic mass is 32.1. The molecule has 0 unspecified atom stereocenters. The number of benzene rings is 1. The fraction of sp³-hybridized carbons (Fsp3) is 0.421. The number of rotatable bonds is 6. The van der Waals surface area contributed by atoms with E-state index in [1.54, 1.807) is 23.3 Å². The normalized spacial score (nSPS) is 14.0. The van der Waals surface area contributed by atoms with Crippen LogP contribution in [0.5, 0.6) is 5.75 Å². The number of anilines is 1. The van der Waals surface area contributed by atoms with Gasteiger partial charge in [0.25, 0.3) is 5.91 Å². The first-order chi connectivity index (χ1) is 13.1. The summed E-state index contributed by atoms with van der Waals surface area (Å²) in [5.41, 5.74) is 1.92. The van der Waals surface area contributed by atoms with Crippen LogP contribution in [0.3, 0.4) is 0 Å². The van der Waals surface area contributed by atoms with Gasteiger partial charge in [0.1, 0.15) is 10.8 Å². The molecule has 0 saturated heterocycles. The number of thiazole rings is 1. The van der Waals surface area contributed by atoms with Crippen molar-refractivity contribution in [1.82, 2.24) is 15.6 Å².